The average molecular weight is 191 g/mol. The van der Waals surface area contributed by atoms with Gasteiger partial charge in [0.15, 0.2) is 5.78 Å². The molecule has 1 saturated carbocycles. The predicted octanol–water partition coefficient (Wildman–Crippen LogP) is 2.98. The normalized spacial score (nSPS) is 21.7. The second kappa shape index (κ2) is 4.61. The summed E-state index contributed by atoms with van der Waals surface area (Å²) in [7, 11) is 0. The number of carbonyl (C=O) groups excluding carboxylic acids is 1. The summed E-state index contributed by atoms with van der Waals surface area (Å²) in [5, 5.41) is 0. The summed E-state index contributed by atoms with van der Waals surface area (Å²) in [6, 6.07) is 0. The predicted molar refractivity (Wildman–Crippen MR) is 46.9 cm³/mol. The molecule has 3 heteroatoms. The van der Waals surface area contributed by atoms with E-state index in [1.165, 1.54) is 0 Å². The molecule has 0 aliphatic heterocycles. The van der Waals surface area contributed by atoms with Crippen molar-refractivity contribution < 1.29 is 9.18 Å². The molecule has 1 fully saturated rings. The second-order valence-electron chi connectivity index (χ2n) is 2.95. The maximum atomic E-state index is 13.1. The molecular weight excluding hydrogens is 179 g/mol. The van der Waals surface area contributed by atoms with E-state index in [-0.39, 0.29) is 11.6 Å². The van der Waals surface area contributed by atoms with Crippen molar-refractivity contribution in [3.63, 3.8) is 0 Å². The van der Waals surface area contributed by atoms with Gasteiger partial charge in [-0.3, -0.25) is 4.79 Å². The number of allylic oxidation sites excluding steroid dienone is 2. The number of hydrogen-bond acceptors (Lipinski definition) is 1. The zero-order valence-corrected chi connectivity index (χ0v) is 7.66. The van der Waals surface area contributed by atoms with Gasteiger partial charge >= 0.3 is 0 Å². The first-order chi connectivity index (χ1) is 5.75. The molecule has 1 nitrogen and oxygen atoms in total. The molecule has 0 heterocycles. The highest BCUT2D eigenvalue weighted by Crippen LogP contribution is 2.26. The highest BCUT2D eigenvalue weighted by atomic mass is 35.5. The number of hydrogen-bond donors (Lipinski definition) is 0. The van der Waals surface area contributed by atoms with Crippen LogP contribution in [0.1, 0.15) is 32.1 Å². The first kappa shape index (κ1) is 9.72. The Labute approximate surface area is 76.6 Å². The van der Waals surface area contributed by atoms with E-state index in [2.05, 4.69) is 0 Å². The van der Waals surface area contributed by atoms with Gasteiger partial charge in [0.05, 0.1) is 0 Å². The van der Waals surface area contributed by atoms with Crippen LogP contribution in [0.5, 0.6) is 0 Å². The lowest BCUT2D eigenvalue weighted by Crippen LogP contribution is -1.95. The summed E-state index contributed by atoms with van der Waals surface area (Å²) in [6.07, 6.45) is 2.88. The highest BCUT2D eigenvalue weighted by Gasteiger charge is 2.20. The van der Waals surface area contributed by atoms with E-state index in [1.807, 2.05) is 0 Å². The van der Waals surface area contributed by atoms with E-state index in [0.717, 1.165) is 6.42 Å². The molecule has 0 spiro atoms. The lowest BCUT2D eigenvalue weighted by molar-refractivity contribution is -0.114. The Morgan fingerprint density at radius 1 is 1.50 bits per heavy atom. The van der Waals surface area contributed by atoms with Crippen molar-refractivity contribution in [1.82, 2.24) is 0 Å². The van der Waals surface area contributed by atoms with Crippen molar-refractivity contribution in [3.05, 3.63) is 11.4 Å². The second-order valence-corrected chi connectivity index (χ2v) is 3.33. The molecule has 0 saturated heterocycles. The molecule has 68 valence electrons. The minimum Gasteiger partial charge on any atom is -0.294 e. The van der Waals surface area contributed by atoms with Crippen LogP contribution in [0.2, 0.25) is 0 Å². The van der Waals surface area contributed by atoms with Gasteiger partial charge in [-0.15, -0.1) is 11.6 Å². The summed E-state index contributed by atoms with van der Waals surface area (Å²) in [4.78, 5) is 11.0. The zero-order valence-electron chi connectivity index (χ0n) is 6.91. The van der Waals surface area contributed by atoms with Gasteiger partial charge in [0.25, 0.3) is 0 Å². The SMILES string of the molecule is O=C1CCC/C1=C(\F)CCCCl. The van der Waals surface area contributed by atoms with Gasteiger partial charge in [-0.1, -0.05) is 0 Å². The molecule has 0 aromatic rings. The topological polar surface area (TPSA) is 17.1 Å². The molecule has 0 aromatic heterocycles. The maximum Gasteiger partial charge on any atom is 0.161 e. The fourth-order valence-electron chi connectivity index (χ4n) is 1.38. The van der Waals surface area contributed by atoms with E-state index < -0.39 is 0 Å². The summed E-state index contributed by atoms with van der Waals surface area (Å²) >= 11 is 5.41. The van der Waals surface area contributed by atoms with Crippen LogP contribution in [0.15, 0.2) is 11.4 Å². The van der Waals surface area contributed by atoms with Crippen LogP contribution in [0.4, 0.5) is 4.39 Å². The Balaban J connectivity index is 2.55. The summed E-state index contributed by atoms with van der Waals surface area (Å²) in [5.74, 6) is 0.203. The minimum absolute atomic E-state index is 0.0120. The van der Waals surface area contributed by atoms with Crippen LogP contribution in [-0.2, 0) is 4.79 Å². The Kier molecular flexibility index (Phi) is 3.73. The fraction of sp³-hybridized carbons (Fsp3) is 0.667. The Hall–Kier alpha value is -0.370. The third-order valence-corrected chi connectivity index (χ3v) is 2.29. The van der Waals surface area contributed by atoms with Crippen molar-refractivity contribution >= 4 is 17.4 Å². The van der Waals surface area contributed by atoms with Crippen LogP contribution in [0, 0.1) is 0 Å². The Morgan fingerprint density at radius 2 is 2.25 bits per heavy atom. The largest absolute Gasteiger partial charge is 0.294 e. The number of halogens is 2. The molecule has 1 aliphatic carbocycles. The molecule has 1 rings (SSSR count). The van der Waals surface area contributed by atoms with Gasteiger partial charge in [-0.25, -0.2) is 4.39 Å². The molecule has 0 N–H and O–H groups in total. The Bertz CT molecular complexity index is 211. The fourth-order valence-corrected chi connectivity index (χ4v) is 1.51. The molecule has 0 unspecified atom stereocenters. The molecular formula is C9H12ClFO. The molecule has 0 bridgehead atoms. The average Bonchev–Trinajstić information content (AvgIpc) is 2.47. The molecule has 12 heavy (non-hydrogen) atoms. The standard InChI is InChI=1S/C9H12ClFO/c10-6-2-4-8(11)7-3-1-5-9(7)12/h1-6H2/b8-7+. The summed E-state index contributed by atoms with van der Waals surface area (Å²) in [5.41, 5.74) is 0.417. The number of carbonyl (C=O) groups is 1. The van der Waals surface area contributed by atoms with E-state index in [0.29, 0.717) is 37.1 Å². The quantitative estimate of drug-likeness (QED) is 0.494. The third kappa shape index (κ3) is 2.31. The van der Waals surface area contributed by atoms with Gasteiger partial charge in [0.2, 0.25) is 0 Å². The molecule has 0 amide bonds. The summed E-state index contributed by atoms with van der Waals surface area (Å²) in [6.45, 7) is 0. The zero-order chi connectivity index (χ0) is 8.97. The first-order valence-corrected chi connectivity index (χ1v) is 4.76. The van der Waals surface area contributed by atoms with Crippen LogP contribution in [0.3, 0.4) is 0 Å². The minimum atomic E-state index is -0.238. The Morgan fingerprint density at radius 3 is 2.75 bits per heavy atom. The summed E-state index contributed by atoms with van der Waals surface area (Å²) < 4.78 is 13.1. The molecule has 0 atom stereocenters. The van der Waals surface area contributed by atoms with Gasteiger partial charge < -0.3 is 0 Å². The lowest BCUT2D eigenvalue weighted by atomic mass is 10.1. The van der Waals surface area contributed by atoms with E-state index >= 15 is 0 Å². The molecule has 1 aliphatic rings. The number of Topliss-reactive ketones (excluding diaryl/α,β-unsaturated/α-hetero) is 1. The van der Waals surface area contributed by atoms with E-state index in [1.54, 1.807) is 0 Å². The van der Waals surface area contributed by atoms with Crippen LogP contribution < -0.4 is 0 Å². The molecule has 0 radical (unpaired) electrons. The lowest BCUT2D eigenvalue weighted by Gasteiger charge is -1.98. The van der Waals surface area contributed by atoms with Crippen LogP contribution in [0.25, 0.3) is 0 Å². The van der Waals surface area contributed by atoms with Crippen molar-refractivity contribution in [3.8, 4) is 0 Å². The van der Waals surface area contributed by atoms with Gasteiger partial charge in [-0.2, -0.15) is 0 Å². The molecule has 0 aromatic carbocycles. The van der Waals surface area contributed by atoms with Crippen LogP contribution >= 0.6 is 11.6 Å². The first-order valence-electron chi connectivity index (χ1n) is 4.22. The van der Waals surface area contributed by atoms with E-state index in [4.69, 9.17) is 11.6 Å². The van der Waals surface area contributed by atoms with Crippen molar-refractivity contribution in [1.29, 1.82) is 0 Å². The van der Waals surface area contributed by atoms with E-state index in [9.17, 15) is 9.18 Å². The van der Waals surface area contributed by atoms with Crippen LogP contribution in [-0.4, -0.2) is 11.7 Å². The monoisotopic (exact) mass is 190 g/mol. The number of alkyl halides is 1. The van der Waals surface area contributed by atoms with Crippen molar-refractivity contribution in [2.75, 3.05) is 5.88 Å². The third-order valence-electron chi connectivity index (χ3n) is 2.02. The van der Waals surface area contributed by atoms with Gasteiger partial charge in [0.1, 0.15) is 5.83 Å². The highest BCUT2D eigenvalue weighted by molar-refractivity contribution is 6.17. The smallest absolute Gasteiger partial charge is 0.161 e. The number of ketones is 1. The van der Waals surface area contributed by atoms with Crippen molar-refractivity contribution in [2.24, 2.45) is 0 Å². The number of rotatable bonds is 3. The maximum absolute atomic E-state index is 13.1. The van der Waals surface area contributed by atoms with Gasteiger partial charge in [0, 0.05) is 24.3 Å². The van der Waals surface area contributed by atoms with Gasteiger partial charge in [-0.05, 0) is 19.3 Å². The van der Waals surface area contributed by atoms with Crippen molar-refractivity contribution in [2.45, 2.75) is 32.1 Å².